The number of rotatable bonds is 1. The number of nitrogens with one attached hydrogen (secondary N) is 1. The summed E-state index contributed by atoms with van der Waals surface area (Å²) in [6.07, 6.45) is 4.34. The molecular formula is C12H13N3S. The molecule has 0 atom stereocenters. The van der Waals surface area contributed by atoms with Gasteiger partial charge in [-0.05, 0) is 37.1 Å². The maximum absolute atomic E-state index is 6.18. The predicted molar refractivity (Wildman–Crippen MR) is 64.4 cm³/mol. The highest BCUT2D eigenvalue weighted by Crippen LogP contribution is 2.43. The van der Waals surface area contributed by atoms with Crippen LogP contribution >= 0.6 is 11.3 Å². The van der Waals surface area contributed by atoms with Crippen molar-refractivity contribution in [2.75, 3.05) is 0 Å². The fourth-order valence-electron chi connectivity index (χ4n) is 2.40. The zero-order valence-electron chi connectivity index (χ0n) is 8.92. The van der Waals surface area contributed by atoms with Crippen molar-refractivity contribution in [2.24, 2.45) is 5.73 Å². The highest BCUT2D eigenvalue weighted by molar-refractivity contribution is 7.10. The molecule has 2 aliphatic carbocycles. The van der Waals surface area contributed by atoms with E-state index in [0.717, 1.165) is 37.2 Å². The summed E-state index contributed by atoms with van der Waals surface area (Å²) in [5, 5.41) is 2.16. The van der Waals surface area contributed by atoms with Crippen molar-refractivity contribution in [3.8, 4) is 11.3 Å². The van der Waals surface area contributed by atoms with Crippen LogP contribution in [0.1, 0.15) is 29.2 Å². The lowest BCUT2D eigenvalue weighted by Crippen LogP contribution is -2.20. The normalized spacial score (nSPS) is 20.3. The molecule has 3 N–H and O–H groups in total. The predicted octanol–water partition coefficient (Wildman–Crippen LogP) is 2.18. The first kappa shape index (κ1) is 8.96. The number of imidazole rings is 1. The molecule has 0 spiro atoms. The summed E-state index contributed by atoms with van der Waals surface area (Å²) >= 11 is 1.84. The maximum atomic E-state index is 6.18. The summed E-state index contributed by atoms with van der Waals surface area (Å²) in [4.78, 5) is 9.62. The second-order valence-corrected chi connectivity index (χ2v) is 5.83. The minimum atomic E-state index is -0.145. The Bertz CT molecular complexity index is 563. The summed E-state index contributed by atoms with van der Waals surface area (Å²) < 4.78 is 0. The van der Waals surface area contributed by atoms with Gasteiger partial charge >= 0.3 is 0 Å². The van der Waals surface area contributed by atoms with E-state index in [1.807, 2.05) is 11.3 Å². The van der Waals surface area contributed by atoms with Crippen molar-refractivity contribution in [2.45, 2.75) is 31.2 Å². The number of H-pyrrole nitrogens is 1. The van der Waals surface area contributed by atoms with Crippen molar-refractivity contribution in [1.82, 2.24) is 9.97 Å². The molecule has 4 heteroatoms. The molecule has 2 aromatic heterocycles. The lowest BCUT2D eigenvalue weighted by Gasteiger charge is -2.09. The largest absolute Gasteiger partial charge is 0.344 e. The number of nitrogens with zero attached hydrogens (tertiary/aromatic N) is 1. The van der Waals surface area contributed by atoms with Gasteiger partial charge in [-0.3, -0.25) is 0 Å². The van der Waals surface area contributed by atoms with Gasteiger partial charge in [0.25, 0.3) is 0 Å². The van der Waals surface area contributed by atoms with E-state index >= 15 is 0 Å². The number of aryl methyl sites for hydroxylation is 2. The first-order chi connectivity index (χ1) is 7.76. The molecule has 16 heavy (non-hydrogen) atoms. The minimum Gasteiger partial charge on any atom is -0.344 e. The second kappa shape index (κ2) is 2.76. The van der Waals surface area contributed by atoms with Crippen LogP contribution < -0.4 is 5.73 Å². The van der Waals surface area contributed by atoms with Crippen LogP contribution in [0.5, 0.6) is 0 Å². The van der Waals surface area contributed by atoms with Crippen molar-refractivity contribution < 1.29 is 0 Å². The first-order valence-electron chi connectivity index (χ1n) is 5.71. The Kier molecular flexibility index (Phi) is 1.54. The van der Waals surface area contributed by atoms with Crippen LogP contribution in [-0.4, -0.2) is 9.97 Å². The number of aromatic nitrogens is 2. The van der Waals surface area contributed by atoms with Crippen molar-refractivity contribution in [1.29, 1.82) is 0 Å². The summed E-state index contributed by atoms with van der Waals surface area (Å²) in [6, 6.07) is 2.18. The molecule has 0 aliphatic heterocycles. The lowest BCUT2D eigenvalue weighted by molar-refractivity contribution is 0.682. The zero-order chi connectivity index (χ0) is 10.8. The van der Waals surface area contributed by atoms with E-state index in [2.05, 4.69) is 16.4 Å². The van der Waals surface area contributed by atoms with E-state index in [-0.39, 0.29) is 5.54 Å². The molecule has 4 rings (SSSR count). The third-order valence-electron chi connectivity index (χ3n) is 3.64. The fraction of sp³-hybridized carbons (Fsp3) is 0.417. The molecule has 0 unspecified atom stereocenters. The molecule has 82 valence electrons. The van der Waals surface area contributed by atoms with E-state index in [4.69, 9.17) is 10.7 Å². The van der Waals surface area contributed by atoms with Gasteiger partial charge in [0.15, 0.2) is 0 Å². The zero-order valence-corrected chi connectivity index (χ0v) is 9.73. The molecule has 0 bridgehead atoms. The number of fused-ring (bicyclic) bond motifs is 3. The van der Waals surface area contributed by atoms with E-state index in [1.165, 1.54) is 16.1 Å². The molecule has 3 nitrogen and oxygen atoms in total. The van der Waals surface area contributed by atoms with Gasteiger partial charge < -0.3 is 10.7 Å². The van der Waals surface area contributed by atoms with Crippen LogP contribution in [-0.2, 0) is 18.4 Å². The Morgan fingerprint density at radius 2 is 2.25 bits per heavy atom. The topological polar surface area (TPSA) is 54.7 Å². The van der Waals surface area contributed by atoms with E-state index < -0.39 is 0 Å². The minimum absolute atomic E-state index is 0.145. The van der Waals surface area contributed by atoms with Crippen molar-refractivity contribution in [3.05, 3.63) is 27.8 Å². The highest BCUT2D eigenvalue weighted by atomic mass is 32.1. The maximum Gasteiger partial charge on any atom is 0.127 e. The van der Waals surface area contributed by atoms with Gasteiger partial charge in [0.1, 0.15) is 5.82 Å². The number of nitrogens with two attached hydrogens (primary N) is 1. The third-order valence-corrected chi connectivity index (χ3v) is 4.62. The smallest absolute Gasteiger partial charge is 0.127 e. The van der Waals surface area contributed by atoms with Gasteiger partial charge in [-0.1, -0.05) is 0 Å². The molecular weight excluding hydrogens is 218 g/mol. The Hall–Kier alpha value is -1.13. The Morgan fingerprint density at radius 3 is 3.06 bits per heavy atom. The quantitative estimate of drug-likeness (QED) is 0.790. The summed E-state index contributed by atoms with van der Waals surface area (Å²) in [5.74, 6) is 0.997. The molecule has 2 aromatic rings. The van der Waals surface area contributed by atoms with Gasteiger partial charge in [0.05, 0.1) is 11.2 Å². The van der Waals surface area contributed by atoms with Crippen LogP contribution in [0.25, 0.3) is 11.3 Å². The second-order valence-electron chi connectivity index (χ2n) is 4.83. The van der Waals surface area contributed by atoms with Crippen LogP contribution in [0.4, 0.5) is 0 Å². The van der Waals surface area contributed by atoms with Gasteiger partial charge in [0.2, 0.25) is 0 Å². The summed E-state index contributed by atoms with van der Waals surface area (Å²) in [7, 11) is 0. The summed E-state index contributed by atoms with van der Waals surface area (Å²) in [6.45, 7) is 0. The molecule has 0 radical (unpaired) electrons. The van der Waals surface area contributed by atoms with E-state index in [0.29, 0.717) is 0 Å². The SMILES string of the molecule is NC1(c2nc3c([nH]2)CCc2sccc2-3)CC1. The van der Waals surface area contributed by atoms with Gasteiger partial charge in [-0.25, -0.2) is 4.98 Å². The van der Waals surface area contributed by atoms with Gasteiger partial charge in [-0.15, -0.1) is 11.3 Å². The van der Waals surface area contributed by atoms with Crippen LogP contribution in [0.3, 0.4) is 0 Å². The molecule has 0 aromatic carbocycles. The van der Waals surface area contributed by atoms with Gasteiger partial charge in [0, 0.05) is 16.1 Å². The highest BCUT2D eigenvalue weighted by Gasteiger charge is 2.43. The third kappa shape index (κ3) is 1.09. The number of thiophene rings is 1. The van der Waals surface area contributed by atoms with Crippen molar-refractivity contribution >= 4 is 11.3 Å². The summed E-state index contributed by atoms with van der Waals surface area (Å²) in [5.41, 5.74) is 9.78. The molecule has 2 aliphatic rings. The molecule has 1 saturated carbocycles. The number of hydrogen-bond acceptors (Lipinski definition) is 3. The number of hydrogen-bond donors (Lipinski definition) is 2. The average molecular weight is 231 g/mol. The van der Waals surface area contributed by atoms with Crippen LogP contribution in [0.15, 0.2) is 11.4 Å². The molecule has 0 saturated heterocycles. The van der Waals surface area contributed by atoms with E-state index in [9.17, 15) is 0 Å². The van der Waals surface area contributed by atoms with Crippen LogP contribution in [0.2, 0.25) is 0 Å². The molecule has 0 amide bonds. The van der Waals surface area contributed by atoms with Crippen LogP contribution in [0, 0.1) is 0 Å². The Labute approximate surface area is 97.7 Å². The standard InChI is InChI=1S/C12H13N3S/c13-12(4-5-12)11-14-8-1-2-9-7(3-6-16-9)10(8)15-11/h3,6H,1-2,4-5,13H2,(H,14,15). The molecule has 2 heterocycles. The number of aromatic amines is 1. The Balaban J connectivity index is 1.90. The molecule has 1 fully saturated rings. The lowest BCUT2D eigenvalue weighted by atomic mass is 10.0. The van der Waals surface area contributed by atoms with Gasteiger partial charge in [-0.2, -0.15) is 0 Å². The van der Waals surface area contributed by atoms with Crippen molar-refractivity contribution in [3.63, 3.8) is 0 Å². The fourth-order valence-corrected chi connectivity index (χ4v) is 3.28. The average Bonchev–Trinajstić information content (AvgIpc) is 2.78. The Morgan fingerprint density at radius 1 is 1.38 bits per heavy atom. The first-order valence-corrected chi connectivity index (χ1v) is 6.59. The van der Waals surface area contributed by atoms with E-state index in [1.54, 1.807) is 0 Å². The monoisotopic (exact) mass is 231 g/mol.